The van der Waals surface area contributed by atoms with Crippen molar-refractivity contribution in [2.75, 3.05) is 33.2 Å². The quantitative estimate of drug-likeness (QED) is 0.185. The monoisotopic (exact) mass is 569 g/mol. The zero-order valence-corrected chi connectivity index (χ0v) is 22.7. The van der Waals surface area contributed by atoms with E-state index in [2.05, 4.69) is 35.5 Å². The fourth-order valence-electron chi connectivity index (χ4n) is 5.06. The van der Waals surface area contributed by atoms with E-state index >= 15 is 0 Å². The largest absolute Gasteiger partial charge is 0.384 e. The van der Waals surface area contributed by atoms with Crippen molar-refractivity contribution in [2.45, 2.75) is 30.5 Å². The number of amidine groups is 1. The summed E-state index contributed by atoms with van der Waals surface area (Å²) >= 11 is 1.40. The number of sulfonamides is 1. The van der Waals surface area contributed by atoms with E-state index in [4.69, 9.17) is 11.1 Å². The van der Waals surface area contributed by atoms with E-state index < -0.39 is 16.1 Å². The molecule has 1 saturated heterocycles. The third-order valence-electron chi connectivity index (χ3n) is 7.14. The molecule has 0 radical (unpaired) electrons. The molecule has 5 N–H and O–H groups in total. The van der Waals surface area contributed by atoms with Crippen LogP contribution in [0.1, 0.15) is 31.8 Å². The minimum atomic E-state index is -3.92. The van der Waals surface area contributed by atoms with Crippen LogP contribution in [-0.2, 0) is 29.4 Å². The SMILES string of the molecule is CN1CCc2nc(C(=O)N3CCN(S(=O)(=O)c4cc5cc(C(=N)N)ccc5[nH]4)CC3Cc3nn[nH]n3)sc2C1. The molecule has 4 aromatic rings. The number of tetrazole rings is 1. The summed E-state index contributed by atoms with van der Waals surface area (Å²) in [6, 6.07) is 6.06. The molecule has 1 amide bonds. The highest BCUT2D eigenvalue weighted by molar-refractivity contribution is 7.89. The first-order valence-corrected chi connectivity index (χ1v) is 14.6. The molecule has 16 heteroatoms. The van der Waals surface area contributed by atoms with E-state index in [1.54, 1.807) is 29.2 Å². The van der Waals surface area contributed by atoms with Gasteiger partial charge in [-0.25, -0.2) is 13.4 Å². The number of benzene rings is 1. The summed E-state index contributed by atoms with van der Waals surface area (Å²) in [4.78, 5) is 26.3. The topological polar surface area (TPSA) is 194 Å². The summed E-state index contributed by atoms with van der Waals surface area (Å²) in [6.45, 7) is 2.03. The number of nitrogens with zero attached hydrogens (tertiary/aromatic N) is 7. The number of amides is 1. The minimum absolute atomic E-state index is 0.0352. The smallest absolute Gasteiger partial charge is 0.283 e. The summed E-state index contributed by atoms with van der Waals surface area (Å²) in [6.07, 6.45) is 1.03. The van der Waals surface area contributed by atoms with Crippen LogP contribution in [0.25, 0.3) is 10.9 Å². The van der Waals surface area contributed by atoms with Crippen LogP contribution in [0.4, 0.5) is 0 Å². The molecule has 0 bridgehead atoms. The Labute approximate surface area is 227 Å². The van der Waals surface area contributed by atoms with Crippen LogP contribution in [0.5, 0.6) is 0 Å². The lowest BCUT2D eigenvalue weighted by atomic mass is 10.1. The van der Waals surface area contributed by atoms with Gasteiger partial charge in [0, 0.05) is 66.9 Å². The second kappa shape index (κ2) is 9.78. The van der Waals surface area contributed by atoms with Crippen molar-refractivity contribution in [3.8, 4) is 0 Å². The van der Waals surface area contributed by atoms with Crippen LogP contribution < -0.4 is 5.73 Å². The van der Waals surface area contributed by atoms with Crippen molar-refractivity contribution in [2.24, 2.45) is 5.73 Å². The van der Waals surface area contributed by atoms with Crippen molar-refractivity contribution < 1.29 is 13.2 Å². The molecule has 39 heavy (non-hydrogen) atoms. The highest BCUT2D eigenvalue weighted by atomic mass is 32.2. The average molecular weight is 570 g/mol. The molecule has 6 rings (SSSR count). The highest BCUT2D eigenvalue weighted by Crippen LogP contribution is 2.29. The molecular weight excluding hydrogens is 542 g/mol. The minimum Gasteiger partial charge on any atom is -0.384 e. The lowest BCUT2D eigenvalue weighted by Crippen LogP contribution is -2.57. The van der Waals surface area contributed by atoms with Gasteiger partial charge in [0.25, 0.3) is 15.9 Å². The van der Waals surface area contributed by atoms with Crippen molar-refractivity contribution >= 4 is 44.0 Å². The number of rotatable bonds is 6. The highest BCUT2D eigenvalue weighted by Gasteiger charge is 2.39. The van der Waals surface area contributed by atoms with Gasteiger partial charge in [-0.3, -0.25) is 10.2 Å². The number of thiazole rings is 1. The standard InChI is InChI=1S/C23H27N11O3S2/c1-32-5-4-17-18(12-32)38-22(27-17)23(35)34-7-6-33(11-15(34)10-19-28-30-31-29-19)39(36,37)20-9-14-8-13(21(24)25)2-3-16(14)26-20/h2-3,8-9,15,26H,4-7,10-12H2,1H3,(H3,24,25)(H,28,29,30,31). The summed E-state index contributed by atoms with van der Waals surface area (Å²) in [7, 11) is -1.88. The number of carbonyl (C=O) groups excluding carboxylic acids is 1. The third-order valence-corrected chi connectivity index (χ3v) is 10.0. The van der Waals surface area contributed by atoms with Crippen molar-refractivity contribution in [1.29, 1.82) is 5.41 Å². The maximum absolute atomic E-state index is 13.7. The molecule has 204 valence electrons. The number of hydrogen-bond acceptors (Lipinski definition) is 10. The van der Waals surface area contributed by atoms with E-state index in [1.807, 2.05) is 7.05 Å². The number of nitrogen functional groups attached to an aromatic ring is 1. The zero-order chi connectivity index (χ0) is 27.3. The first-order chi connectivity index (χ1) is 18.7. The second-order valence-electron chi connectivity index (χ2n) is 9.77. The predicted molar refractivity (Wildman–Crippen MR) is 143 cm³/mol. The summed E-state index contributed by atoms with van der Waals surface area (Å²) < 4.78 is 28.8. The number of likely N-dealkylation sites (N-methyl/N-ethyl adjacent to an activating group) is 1. The molecule has 1 atom stereocenters. The van der Waals surface area contributed by atoms with Gasteiger partial charge < -0.3 is 20.5 Å². The van der Waals surface area contributed by atoms with E-state index in [0.717, 1.165) is 30.1 Å². The van der Waals surface area contributed by atoms with Gasteiger partial charge in [0.1, 0.15) is 10.9 Å². The molecule has 0 saturated carbocycles. The fraction of sp³-hybridized carbons (Fsp3) is 0.391. The van der Waals surface area contributed by atoms with Crippen LogP contribution in [-0.4, -0.2) is 104 Å². The van der Waals surface area contributed by atoms with Crippen LogP contribution in [0.3, 0.4) is 0 Å². The van der Waals surface area contributed by atoms with Gasteiger partial charge in [0.15, 0.2) is 10.8 Å². The Hall–Kier alpha value is -3.73. The molecule has 1 fully saturated rings. The second-order valence-corrected chi connectivity index (χ2v) is 12.8. The molecule has 3 aromatic heterocycles. The molecule has 2 aliphatic heterocycles. The summed E-state index contributed by atoms with van der Waals surface area (Å²) in [5.74, 6) is 0.0742. The molecule has 0 spiro atoms. The van der Waals surface area contributed by atoms with Crippen molar-refractivity contribution in [1.82, 2.24) is 44.7 Å². The number of H-pyrrole nitrogens is 2. The fourth-order valence-corrected chi connectivity index (χ4v) is 7.68. The third kappa shape index (κ3) is 4.80. The van der Waals surface area contributed by atoms with Gasteiger partial charge in [0.2, 0.25) is 0 Å². The van der Waals surface area contributed by atoms with Crippen molar-refractivity contribution in [3.05, 3.63) is 51.2 Å². The van der Waals surface area contributed by atoms with E-state index in [-0.39, 0.29) is 42.8 Å². The number of carbonyl (C=O) groups is 1. The Morgan fingerprint density at radius 3 is 2.87 bits per heavy atom. The van der Waals surface area contributed by atoms with E-state index in [0.29, 0.717) is 27.3 Å². The normalized spacial score (nSPS) is 18.9. The molecule has 5 heterocycles. The first-order valence-electron chi connectivity index (χ1n) is 12.4. The van der Waals surface area contributed by atoms with Crippen molar-refractivity contribution in [3.63, 3.8) is 0 Å². The number of fused-ring (bicyclic) bond motifs is 2. The Bertz CT molecular complexity index is 1660. The predicted octanol–water partition coefficient (Wildman–Crippen LogP) is 0.167. The number of aromatic amines is 2. The van der Waals surface area contributed by atoms with E-state index in [9.17, 15) is 13.2 Å². The summed E-state index contributed by atoms with van der Waals surface area (Å²) in [5, 5.41) is 22.8. The van der Waals surface area contributed by atoms with Gasteiger partial charge in [0.05, 0.1) is 11.7 Å². The average Bonchev–Trinajstić information content (AvgIpc) is 3.67. The van der Waals surface area contributed by atoms with E-state index in [1.165, 1.54) is 15.6 Å². The molecule has 1 unspecified atom stereocenters. The maximum atomic E-state index is 13.7. The zero-order valence-electron chi connectivity index (χ0n) is 21.1. The molecule has 1 aromatic carbocycles. The Kier molecular flexibility index (Phi) is 6.41. The molecular formula is C23H27N11O3S2. The number of nitrogens with one attached hydrogen (secondary N) is 3. The molecule has 0 aliphatic carbocycles. The van der Waals surface area contributed by atoms with Gasteiger partial charge in [-0.05, 0) is 31.3 Å². The Balaban J connectivity index is 1.27. The number of aromatic nitrogens is 6. The lowest BCUT2D eigenvalue weighted by Gasteiger charge is -2.39. The van der Waals surface area contributed by atoms with Crippen LogP contribution in [0.2, 0.25) is 0 Å². The number of piperazine rings is 1. The molecule has 14 nitrogen and oxygen atoms in total. The Morgan fingerprint density at radius 2 is 2.10 bits per heavy atom. The van der Waals surface area contributed by atoms with Gasteiger partial charge in [-0.15, -0.1) is 21.5 Å². The van der Waals surface area contributed by atoms with Gasteiger partial charge in [-0.2, -0.15) is 9.52 Å². The number of nitrogens with two attached hydrogens (primary N) is 1. The molecule has 2 aliphatic rings. The van der Waals surface area contributed by atoms with Crippen LogP contribution in [0.15, 0.2) is 29.3 Å². The number of hydrogen-bond donors (Lipinski definition) is 4. The van der Waals surface area contributed by atoms with Gasteiger partial charge >= 0.3 is 0 Å². The lowest BCUT2D eigenvalue weighted by molar-refractivity contribution is 0.0561. The van der Waals surface area contributed by atoms with Crippen LogP contribution >= 0.6 is 11.3 Å². The summed E-state index contributed by atoms with van der Waals surface area (Å²) in [5.41, 5.74) is 7.68. The van der Waals surface area contributed by atoms with Gasteiger partial charge in [-0.1, -0.05) is 5.21 Å². The maximum Gasteiger partial charge on any atom is 0.283 e. The van der Waals surface area contributed by atoms with Crippen LogP contribution in [0, 0.1) is 5.41 Å². The first kappa shape index (κ1) is 25.5. The Morgan fingerprint density at radius 1 is 1.26 bits per heavy atom.